The van der Waals surface area contributed by atoms with Crippen molar-refractivity contribution in [2.45, 2.75) is 0 Å². The van der Waals surface area contributed by atoms with Crippen LogP contribution in [0.3, 0.4) is 0 Å². The van der Waals surface area contributed by atoms with Crippen LogP contribution in [-0.2, 0) is 4.74 Å². The van der Waals surface area contributed by atoms with Crippen LogP contribution >= 0.6 is 0 Å². The summed E-state index contributed by atoms with van der Waals surface area (Å²) in [4.78, 5) is 12.7. The van der Waals surface area contributed by atoms with Crippen molar-refractivity contribution in [2.75, 3.05) is 51.3 Å². The lowest BCUT2D eigenvalue weighted by molar-refractivity contribution is 0.0393. The molecule has 0 aliphatic carbocycles. The van der Waals surface area contributed by atoms with Crippen LogP contribution in [0.5, 0.6) is 0 Å². The van der Waals surface area contributed by atoms with E-state index >= 15 is 0 Å². The molecule has 1 saturated heterocycles. The van der Waals surface area contributed by atoms with E-state index in [0.717, 1.165) is 45.2 Å². The minimum atomic E-state index is 0.858. The number of hydrogen-bond acceptors (Lipinski definition) is 5. The van der Waals surface area contributed by atoms with Crippen LogP contribution < -0.4 is 4.90 Å². The predicted molar refractivity (Wildman–Crippen MR) is 62.6 cm³/mol. The second-order valence-electron chi connectivity index (χ2n) is 3.94. The van der Waals surface area contributed by atoms with Gasteiger partial charge in [-0.1, -0.05) is 0 Å². The number of likely N-dealkylation sites (N-methyl/N-ethyl adjacent to an activating group) is 1. The molecule has 88 valence electrons. The second kappa shape index (κ2) is 5.77. The van der Waals surface area contributed by atoms with Crippen molar-refractivity contribution in [1.29, 1.82) is 0 Å². The lowest BCUT2D eigenvalue weighted by atomic mass is 10.4. The molecule has 0 saturated carbocycles. The third-order valence-corrected chi connectivity index (χ3v) is 2.81. The average molecular weight is 222 g/mol. The lowest BCUT2D eigenvalue weighted by Gasteiger charge is -2.28. The van der Waals surface area contributed by atoms with Gasteiger partial charge < -0.3 is 9.64 Å². The number of hydrogen-bond donors (Lipinski definition) is 0. The first-order chi connectivity index (χ1) is 7.86. The van der Waals surface area contributed by atoms with Crippen molar-refractivity contribution in [2.24, 2.45) is 0 Å². The molecule has 1 aromatic heterocycles. The molecule has 0 N–H and O–H groups in total. The molecule has 0 spiro atoms. The largest absolute Gasteiger partial charge is 0.379 e. The van der Waals surface area contributed by atoms with Crippen molar-refractivity contribution in [3.63, 3.8) is 0 Å². The maximum absolute atomic E-state index is 5.32. The Balaban J connectivity index is 1.77. The third kappa shape index (κ3) is 3.15. The zero-order valence-corrected chi connectivity index (χ0v) is 9.67. The highest BCUT2D eigenvalue weighted by Crippen LogP contribution is 2.05. The summed E-state index contributed by atoms with van der Waals surface area (Å²) in [7, 11) is 2.06. The Morgan fingerprint density at radius 1 is 1.44 bits per heavy atom. The van der Waals surface area contributed by atoms with Gasteiger partial charge in [-0.2, -0.15) is 0 Å². The molecule has 0 atom stereocenters. The molecule has 16 heavy (non-hydrogen) atoms. The molecule has 2 rings (SSSR count). The van der Waals surface area contributed by atoms with E-state index in [4.69, 9.17) is 4.74 Å². The fourth-order valence-corrected chi connectivity index (χ4v) is 1.74. The van der Waals surface area contributed by atoms with Gasteiger partial charge in [0.05, 0.1) is 13.2 Å². The van der Waals surface area contributed by atoms with Gasteiger partial charge in [0.1, 0.15) is 12.1 Å². The van der Waals surface area contributed by atoms with Gasteiger partial charge in [0.25, 0.3) is 0 Å². The van der Waals surface area contributed by atoms with Gasteiger partial charge >= 0.3 is 0 Å². The van der Waals surface area contributed by atoms with Crippen LogP contribution in [0, 0.1) is 0 Å². The summed E-state index contributed by atoms with van der Waals surface area (Å²) in [5.41, 5.74) is 0. The number of ether oxygens (including phenoxy) is 1. The summed E-state index contributed by atoms with van der Waals surface area (Å²) in [5.74, 6) is 0.975. The van der Waals surface area contributed by atoms with Gasteiger partial charge in [-0.15, -0.1) is 0 Å². The predicted octanol–water partition coefficient (Wildman–Crippen LogP) is 0.245. The summed E-state index contributed by atoms with van der Waals surface area (Å²) in [6.45, 7) is 5.84. The topological polar surface area (TPSA) is 41.5 Å². The Morgan fingerprint density at radius 3 is 2.94 bits per heavy atom. The van der Waals surface area contributed by atoms with E-state index in [1.54, 1.807) is 12.5 Å². The summed E-state index contributed by atoms with van der Waals surface area (Å²) < 4.78 is 5.32. The normalized spacial score (nSPS) is 17.3. The van der Waals surface area contributed by atoms with Crippen molar-refractivity contribution in [1.82, 2.24) is 14.9 Å². The molecule has 0 radical (unpaired) electrons. The summed E-state index contributed by atoms with van der Waals surface area (Å²) in [6, 6.07) is 1.93. The number of aromatic nitrogens is 2. The Bertz CT molecular complexity index is 300. The molecule has 5 heteroatoms. The van der Waals surface area contributed by atoms with Crippen molar-refractivity contribution in [3.8, 4) is 0 Å². The standard InChI is InChI=1S/C11H18N4O/c1-14(11-2-3-12-10-13-11)4-5-15-6-8-16-9-7-15/h2-3,10H,4-9H2,1H3. The molecule has 5 nitrogen and oxygen atoms in total. The van der Waals surface area contributed by atoms with Crippen LogP contribution in [0.15, 0.2) is 18.6 Å². The maximum atomic E-state index is 5.32. The van der Waals surface area contributed by atoms with Gasteiger partial charge in [0.2, 0.25) is 0 Å². The van der Waals surface area contributed by atoms with Gasteiger partial charge in [-0.25, -0.2) is 9.97 Å². The molecule has 1 fully saturated rings. The molecule has 1 aliphatic heterocycles. The minimum Gasteiger partial charge on any atom is -0.379 e. The van der Waals surface area contributed by atoms with Gasteiger partial charge in [-0.3, -0.25) is 4.90 Å². The average Bonchev–Trinajstić information content (AvgIpc) is 2.38. The minimum absolute atomic E-state index is 0.858. The quantitative estimate of drug-likeness (QED) is 0.730. The maximum Gasteiger partial charge on any atom is 0.131 e. The highest BCUT2D eigenvalue weighted by molar-refractivity contribution is 5.34. The van der Waals surface area contributed by atoms with Crippen LogP contribution in [-0.4, -0.2) is 61.3 Å². The first kappa shape index (κ1) is 11.3. The molecule has 0 amide bonds. The van der Waals surface area contributed by atoms with E-state index in [-0.39, 0.29) is 0 Å². The molecule has 0 bridgehead atoms. The summed E-state index contributed by atoms with van der Waals surface area (Å²) in [6.07, 6.45) is 3.36. The number of nitrogens with zero attached hydrogens (tertiary/aromatic N) is 4. The van der Waals surface area contributed by atoms with Crippen molar-refractivity contribution < 1.29 is 4.74 Å². The van der Waals surface area contributed by atoms with E-state index in [1.165, 1.54) is 0 Å². The highest BCUT2D eigenvalue weighted by atomic mass is 16.5. The molecule has 1 aliphatic rings. The zero-order chi connectivity index (χ0) is 11.2. The third-order valence-electron chi connectivity index (χ3n) is 2.81. The zero-order valence-electron chi connectivity index (χ0n) is 9.67. The SMILES string of the molecule is CN(CCN1CCOCC1)c1ccncn1. The monoisotopic (exact) mass is 222 g/mol. The smallest absolute Gasteiger partial charge is 0.131 e. The van der Waals surface area contributed by atoms with Crippen molar-refractivity contribution >= 4 is 5.82 Å². The Hall–Kier alpha value is -1.20. The number of rotatable bonds is 4. The van der Waals surface area contributed by atoms with Crippen LogP contribution in [0.4, 0.5) is 5.82 Å². The lowest BCUT2D eigenvalue weighted by Crippen LogP contribution is -2.40. The molecule has 2 heterocycles. The van der Waals surface area contributed by atoms with E-state index in [0.29, 0.717) is 0 Å². The fourth-order valence-electron chi connectivity index (χ4n) is 1.74. The van der Waals surface area contributed by atoms with Gasteiger partial charge in [0, 0.05) is 39.4 Å². The van der Waals surface area contributed by atoms with Gasteiger partial charge in [0.15, 0.2) is 0 Å². The highest BCUT2D eigenvalue weighted by Gasteiger charge is 2.11. The second-order valence-corrected chi connectivity index (χ2v) is 3.94. The first-order valence-electron chi connectivity index (χ1n) is 5.63. The molecule has 0 unspecified atom stereocenters. The summed E-state index contributed by atoms with van der Waals surface area (Å²) >= 11 is 0. The van der Waals surface area contributed by atoms with E-state index in [1.807, 2.05) is 6.07 Å². The van der Waals surface area contributed by atoms with E-state index in [2.05, 4.69) is 26.8 Å². The summed E-state index contributed by atoms with van der Waals surface area (Å²) in [5, 5.41) is 0. The van der Waals surface area contributed by atoms with E-state index < -0.39 is 0 Å². The van der Waals surface area contributed by atoms with Crippen LogP contribution in [0.1, 0.15) is 0 Å². The Labute approximate surface area is 96.1 Å². The molecule has 0 aromatic carbocycles. The van der Waals surface area contributed by atoms with Gasteiger partial charge in [-0.05, 0) is 6.07 Å². The van der Waals surface area contributed by atoms with Crippen LogP contribution in [0.2, 0.25) is 0 Å². The van der Waals surface area contributed by atoms with E-state index in [9.17, 15) is 0 Å². The first-order valence-corrected chi connectivity index (χ1v) is 5.63. The molecular formula is C11H18N4O. The fraction of sp³-hybridized carbons (Fsp3) is 0.636. The Morgan fingerprint density at radius 2 is 2.25 bits per heavy atom. The molecule has 1 aromatic rings. The van der Waals surface area contributed by atoms with Crippen molar-refractivity contribution in [3.05, 3.63) is 18.6 Å². The van der Waals surface area contributed by atoms with Crippen LogP contribution in [0.25, 0.3) is 0 Å². The number of anilines is 1. The molecular weight excluding hydrogens is 204 g/mol. The number of morpholine rings is 1. The Kier molecular flexibility index (Phi) is 4.07.